The maximum absolute atomic E-state index is 12.2. The van der Waals surface area contributed by atoms with Crippen LogP contribution in [-0.4, -0.2) is 24.2 Å². The minimum atomic E-state index is -0.134. The van der Waals surface area contributed by atoms with Crippen molar-refractivity contribution in [1.29, 1.82) is 0 Å². The van der Waals surface area contributed by atoms with Gasteiger partial charge in [0.05, 0.1) is 10.6 Å². The van der Waals surface area contributed by atoms with Gasteiger partial charge < -0.3 is 16.4 Å². The number of thioether (sulfide) groups is 1. The van der Waals surface area contributed by atoms with Crippen molar-refractivity contribution in [2.24, 2.45) is 5.92 Å². The number of carbonyl (C=O) groups is 1. The average Bonchev–Trinajstić information content (AvgIpc) is 3.23. The second kappa shape index (κ2) is 6.32. The van der Waals surface area contributed by atoms with Gasteiger partial charge in [0.15, 0.2) is 0 Å². The highest BCUT2D eigenvalue weighted by molar-refractivity contribution is 7.99. The number of hydrogen-bond acceptors (Lipinski definition) is 5. The Labute approximate surface area is 134 Å². The van der Waals surface area contributed by atoms with E-state index in [1.54, 1.807) is 17.8 Å². The van der Waals surface area contributed by atoms with E-state index < -0.39 is 0 Å². The van der Waals surface area contributed by atoms with E-state index in [4.69, 9.17) is 5.73 Å². The zero-order valence-corrected chi connectivity index (χ0v) is 14.4. The van der Waals surface area contributed by atoms with Crippen LogP contribution >= 0.6 is 23.1 Å². The van der Waals surface area contributed by atoms with Crippen LogP contribution in [0, 0.1) is 5.92 Å². The van der Waals surface area contributed by atoms with Gasteiger partial charge in [-0.15, -0.1) is 29.7 Å². The SMILES string of the molecule is C=CCNC(=O)c1sc(NC(C)(C)C2CC2)c(SC)c1N. The summed E-state index contributed by atoms with van der Waals surface area (Å²) in [6.45, 7) is 8.47. The average molecular weight is 326 g/mol. The highest BCUT2D eigenvalue weighted by Gasteiger charge is 2.38. The molecule has 1 aromatic rings. The lowest BCUT2D eigenvalue weighted by molar-refractivity contribution is 0.0963. The van der Waals surface area contributed by atoms with Gasteiger partial charge in [0, 0.05) is 12.1 Å². The molecule has 1 amide bonds. The lowest BCUT2D eigenvalue weighted by Gasteiger charge is -2.27. The van der Waals surface area contributed by atoms with Crippen LogP contribution in [0.3, 0.4) is 0 Å². The highest BCUT2D eigenvalue weighted by atomic mass is 32.2. The fourth-order valence-corrected chi connectivity index (χ4v) is 4.42. The number of nitrogen functional groups attached to an aromatic ring is 1. The molecule has 0 radical (unpaired) electrons. The third kappa shape index (κ3) is 3.55. The molecule has 0 unspecified atom stereocenters. The molecule has 21 heavy (non-hydrogen) atoms. The van der Waals surface area contributed by atoms with Crippen LogP contribution in [0.1, 0.15) is 36.4 Å². The first kappa shape index (κ1) is 16.2. The molecule has 0 bridgehead atoms. The first-order chi connectivity index (χ1) is 9.90. The lowest BCUT2D eigenvalue weighted by atomic mass is 9.99. The number of thiophene rings is 1. The first-order valence-electron chi connectivity index (χ1n) is 7.04. The summed E-state index contributed by atoms with van der Waals surface area (Å²) in [5.41, 5.74) is 6.77. The molecule has 1 fully saturated rings. The van der Waals surface area contributed by atoms with Gasteiger partial charge in [-0.1, -0.05) is 6.08 Å². The van der Waals surface area contributed by atoms with Crippen molar-refractivity contribution in [2.45, 2.75) is 37.1 Å². The summed E-state index contributed by atoms with van der Waals surface area (Å²) < 4.78 is 0. The van der Waals surface area contributed by atoms with Gasteiger partial charge in [-0.2, -0.15) is 0 Å². The Morgan fingerprint density at radius 1 is 1.57 bits per heavy atom. The van der Waals surface area contributed by atoms with Crippen LogP contribution in [0.15, 0.2) is 17.6 Å². The Bertz CT molecular complexity index is 547. The number of nitrogens with two attached hydrogens (primary N) is 1. The fraction of sp³-hybridized carbons (Fsp3) is 0.533. The third-order valence-electron chi connectivity index (χ3n) is 3.75. The van der Waals surface area contributed by atoms with Gasteiger partial charge in [-0.3, -0.25) is 4.79 Å². The molecule has 1 heterocycles. The van der Waals surface area contributed by atoms with Crippen molar-refractivity contribution in [2.75, 3.05) is 23.9 Å². The number of nitrogens with one attached hydrogen (secondary N) is 2. The Kier molecular flexibility index (Phi) is 4.88. The number of carbonyl (C=O) groups excluding carboxylic acids is 1. The minimum Gasteiger partial charge on any atom is -0.396 e. The van der Waals surface area contributed by atoms with E-state index in [0.717, 1.165) is 9.90 Å². The molecule has 0 atom stereocenters. The van der Waals surface area contributed by atoms with Gasteiger partial charge in [0.1, 0.15) is 9.88 Å². The van der Waals surface area contributed by atoms with Crippen molar-refractivity contribution in [1.82, 2.24) is 5.32 Å². The van der Waals surface area contributed by atoms with E-state index in [9.17, 15) is 4.79 Å². The van der Waals surface area contributed by atoms with Crippen molar-refractivity contribution < 1.29 is 4.79 Å². The highest BCUT2D eigenvalue weighted by Crippen LogP contribution is 2.46. The summed E-state index contributed by atoms with van der Waals surface area (Å²) in [6, 6.07) is 0. The van der Waals surface area contributed by atoms with Gasteiger partial charge in [-0.25, -0.2) is 0 Å². The Balaban J connectivity index is 2.24. The first-order valence-corrected chi connectivity index (χ1v) is 9.08. The van der Waals surface area contributed by atoms with Crippen molar-refractivity contribution in [3.05, 3.63) is 17.5 Å². The predicted molar refractivity (Wildman–Crippen MR) is 93.5 cm³/mol. The van der Waals surface area contributed by atoms with E-state index in [0.29, 0.717) is 23.0 Å². The number of hydrogen-bond donors (Lipinski definition) is 3. The number of amides is 1. The zero-order valence-electron chi connectivity index (χ0n) is 12.8. The van der Waals surface area contributed by atoms with Crippen molar-refractivity contribution in [3.63, 3.8) is 0 Å². The zero-order chi connectivity index (χ0) is 15.6. The van der Waals surface area contributed by atoms with E-state index in [1.165, 1.54) is 24.2 Å². The van der Waals surface area contributed by atoms with Gasteiger partial charge in [0.2, 0.25) is 0 Å². The third-order valence-corrected chi connectivity index (χ3v) is 5.83. The fourth-order valence-electron chi connectivity index (χ4n) is 2.33. The Hall–Kier alpha value is -1.14. The van der Waals surface area contributed by atoms with Crippen LogP contribution in [0.2, 0.25) is 0 Å². The molecule has 1 aromatic heterocycles. The molecule has 0 aliphatic heterocycles. The number of rotatable bonds is 7. The predicted octanol–water partition coefficient (Wildman–Crippen LogP) is 3.57. The minimum absolute atomic E-state index is 0.0383. The second-order valence-corrected chi connectivity index (χ2v) is 7.66. The molecule has 2 rings (SSSR count). The van der Waals surface area contributed by atoms with Crippen LogP contribution in [0.25, 0.3) is 0 Å². The summed E-state index contributed by atoms with van der Waals surface area (Å²) in [5.74, 6) is 0.568. The molecular formula is C15H23N3OS2. The van der Waals surface area contributed by atoms with E-state index >= 15 is 0 Å². The van der Waals surface area contributed by atoms with Crippen LogP contribution in [-0.2, 0) is 0 Å². The quantitative estimate of drug-likeness (QED) is 0.529. The largest absolute Gasteiger partial charge is 0.396 e. The summed E-state index contributed by atoms with van der Waals surface area (Å²) >= 11 is 3.02. The van der Waals surface area contributed by atoms with E-state index in [1.807, 2.05) is 6.26 Å². The molecular weight excluding hydrogens is 302 g/mol. The summed E-state index contributed by atoms with van der Waals surface area (Å²) in [4.78, 5) is 13.7. The molecule has 0 spiro atoms. The molecule has 1 aliphatic carbocycles. The maximum atomic E-state index is 12.2. The molecule has 0 aromatic carbocycles. The van der Waals surface area contributed by atoms with Crippen molar-refractivity contribution >= 4 is 39.7 Å². The Morgan fingerprint density at radius 3 is 2.76 bits per heavy atom. The van der Waals surface area contributed by atoms with Crippen molar-refractivity contribution in [3.8, 4) is 0 Å². The molecule has 1 saturated carbocycles. The van der Waals surface area contributed by atoms with Crippen LogP contribution in [0.4, 0.5) is 10.7 Å². The maximum Gasteiger partial charge on any atom is 0.263 e. The standard InChI is InChI=1S/C15H23N3OS2/c1-5-8-17-13(19)11-10(16)12(20-4)14(21-11)18-15(2,3)9-6-7-9/h5,9,18H,1,6-8,16H2,2-4H3,(H,17,19). The smallest absolute Gasteiger partial charge is 0.263 e. The van der Waals surface area contributed by atoms with Crippen LogP contribution in [0.5, 0.6) is 0 Å². The monoisotopic (exact) mass is 325 g/mol. The summed E-state index contributed by atoms with van der Waals surface area (Å²) in [5, 5.41) is 7.38. The van der Waals surface area contributed by atoms with Gasteiger partial charge in [-0.05, 0) is 38.9 Å². The van der Waals surface area contributed by atoms with Gasteiger partial charge >= 0.3 is 0 Å². The second-order valence-electron chi connectivity index (χ2n) is 5.83. The number of anilines is 2. The molecule has 4 nitrogen and oxygen atoms in total. The topological polar surface area (TPSA) is 67.2 Å². The Morgan fingerprint density at radius 2 is 2.24 bits per heavy atom. The van der Waals surface area contributed by atoms with Crippen LogP contribution < -0.4 is 16.4 Å². The normalized spacial score (nSPS) is 14.8. The molecule has 6 heteroatoms. The summed E-state index contributed by atoms with van der Waals surface area (Å²) in [6.07, 6.45) is 6.18. The van der Waals surface area contributed by atoms with Gasteiger partial charge in [0.25, 0.3) is 5.91 Å². The molecule has 0 saturated heterocycles. The van der Waals surface area contributed by atoms with E-state index in [2.05, 4.69) is 31.1 Å². The van der Waals surface area contributed by atoms with E-state index in [-0.39, 0.29) is 11.4 Å². The lowest BCUT2D eigenvalue weighted by Crippen LogP contribution is -2.33. The molecule has 116 valence electrons. The molecule has 1 aliphatic rings. The summed E-state index contributed by atoms with van der Waals surface area (Å²) in [7, 11) is 0. The molecule has 4 N–H and O–H groups in total.